The lowest BCUT2D eigenvalue weighted by molar-refractivity contribution is 0.261. The van der Waals surface area contributed by atoms with E-state index in [1.54, 1.807) is 12.4 Å². The second-order valence-corrected chi connectivity index (χ2v) is 4.87. The minimum atomic E-state index is 0.641. The third-order valence-electron chi connectivity index (χ3n) is 2.90. The Morgan fingerprint density at radius 1 is 1.56 bits per heavy atom. The molecule has 0 aromatic carbocycles. The number of rotatable bonds is 6. The van der Waals surface area contributed by atoms with Gasteiger partial charge in [0, 0.05) is 31.5 Å². The number of hydrogen-bond acceptors (Lipinski definition) is 3. The Labute approximate surface area is 106 Å². The highest BCUT2D eigenvalue weighted by molar-refractivity contribution is 9.10. The SMILES string of the molecule is CCC(C)N(C)CCNc1ccncc1Br. The average molecular weight is 286 g/mol. The van der Waals surface area contributed by atoms with Crippen LogP contribution in [0.15, 0.2) is 22.9 Å². The summed E-state index contributed by atoms with van der Waals surface area (Å²) in [5.74, 6) is 0. The van der Waals surface area contributed by atoms with Gasteiger partial charge in [-0.25, -0.2) is 0 Å². The van der Waals surface area contributed by atoms with E-state index in [9.17, 15) is 0 Å². The van der Waals surface area contributed by atoms with Gasteiger partial charge in [-0.3, -0.25) is 4.98 Å². The van der Waals surface area contributed by atoms with Gasteiger partial charge in [-0.15, -0.1) is 0 Å². The fourth-order valence-electron chi connectivity index (χ4n) is 1.42. The molecular formula is C12H20BrN3. The molecule has 0 aliphatic rings. The van der Waals surface area contributed by atoms with E-state index in [1.165, 1.54) is 6.42 Å². The molecule has 0 saturated heterocycles. The van der Waals surface area contributed by atoms with E-state index in [4.69, 9.17) is 0 Å². The van der Waals surface area contributed by atoms with Gasteiger partial charge >= 0.3 is 0 Å². The monoisotopic (exact) mass is 285 g/mol. The topological polar surface area (TPSA) is 28.2 Å². The molecular weight excluding hydrogens is 266 g/mol. The first-order chi connectivity index (χ1) is 7.65. The van der Waals surface area contributed by atoms with Crippen molar-refractivity contribution in [2.24, 2.45) is 0 Å². The zero-order valence-electron chi connectivity index (χ0n) is 10.2. The number of nitrogens with zero attached hydrogens (tertiary/aromatic N) is 2. The molecule has 1 aromatic rings. The Balaban J connectivity index is 2.33. The molecule has 1 heterocycles. The highest BCUT2D eigenvalue weighted by Gasteiger charge is 2.05. The van der Waals surface area contributed by atoms with Gasteiger partial charge in [0.15, 0.2) is 0 Å². The van der Waals surface area contributed by atoms with Crippen molar-refractivity contribution in [2.75, 3.05) is 25.5 Å². The molecule has 1 aromatic heterocycles. The van der Waals surface area contributed by atoms with Gasteiger partial charge in [0.1, 0.15) is 0 Å². The predicted molar refractivity (Wildman–Crippen MR) is 72.8 cm³/mol. The first-order valence-electron chi connectivity index (χ1n) is 5.68. The van der Waals surface area contributed by atoms with E-state index in [2.05, 4.69) is 52.0 Å². The van der Waals surface area contributed by atoms with Gasteiger partial charge < -0.3 is 10.2 Å². The summed E-state index contributed by atoms with van der Waals surface area (Å²) in [5, 5.41) is 3.39. The van der Waals surface area contributed by atoms with E-state index in [1.807, 2.05) is 6.07 Å². The maximum Gasteiger partial charge on any atom is 0.0590 e. The van der Waals surface area contributed by atoms with E-state index >= 15 is 0 Å². The lowest BCUT2D eigenvalue weighted by Gasteiger charge is -2.23. The number of likely N-dealkylation sites (N-methyl/N-ethyl adjacent to an activating group) is 1. The number of hydrogen-bond donors (Lipinski definition) is 1. The molecule has 90 valence electrons. The fourth-order valence-corrected chi connectivity index (χ4v) is 1.81. The lowest BCUT2D eigenvalue weighted by Crippen LogP contribution is -2.32. The van der Waals surface area contributed by atoms with Gasteiger partial charge in [0.2, 0.25) is 0 Å². The third-order valence-corrected chi connectivity index (χ3v) is 3.53. The van der Waals surface area contributed by atoms with Crippen LogP contribution in [0.3, 0.4) is 0 Å². The van der Waals surface area contributed by atoms with Crippen molar-refractivity contribution < 1.29 is 0 Å². The quantitative estimate of drug-likeness (QED) is 0.871. The van der Waals surface area contributed by atoms with Gasteiger partial charge in [-0.05, 0) is 42.4 Å². The molecule has 16 heavy (non-hydrogen) atoms. The van der Waals surface area contributed by atoms with Crippen molar-refractivity contribution in [2.45, 2.75) is 26.3 Å². The van der Waals surface area contributed by atoms with Crippen molar-refractivity contribution >= 4 is 21.6 Å². The van der Waals surface area contributed by atoms with Crippen LogP contribution in [0.4, 0.5) is 5.69 Å². The molecule has 0 bridgehead atoms. The number of pyridine rings is 1. The molecule has 3 nitrogen and oxygen atoms in total. The van der Waals surface area contributed by atoms with Gasteiger partial charge in [0.05, 0.1) is 10.2 Å². The smallest absolute Gasteiger partial charge is 0.0590 e. The van der Waals surface area contributed by atoms with E-state index in [-0.39, 0.29) is 0 Å². The van der Waals surface area contributed by atoms with Crippen LogP contribution in [0.5, 0.6) is 0 Å². The molecule has 1 rings (SSSR count). The summed E-state index contributed by atoms with van der Waals surface area (Å²) in [6.45, 7) is 6.46. The van der Waals surface area contributed by atoms with Crippen LogP contribution in [0.1, 0.15) is 20.3 Å². The standard InChI is InChI=1S/C12H20BrN3/c1-4-10(2)16(3)8-7-15-12-5-6-14-9-11(12)13/h5-6,9-10H,4,7-8H2,1-3H3,(H,14,15). The molecule has 1 unspecified atom stereocenters. The molecule has 4 heteroatoms. The molecule has 0 radical (unpaired) electrons. The Morgan fingerprint density at radius 2 is 2.31 bits per heavy atom. The molecule has 0 aliphatic heterocycles. The van der Waals surface area contributed by atoms with Crippen LogP contribution in [0, 0.1) is 0 Å². The van der Waals surface area contributed by atoms with E-state index < -0.39 is 0 Å². The Bertz CT molecular complexity index is 317. The highest BCUT2D eigenvalue weighted by Crippen LogP contribution is 2.19. The van der Waals surface area contributed by atoms with E-state index in [0.717, 1.165) is 23.2 Å². The molecule has 0 amide bonds. The lowest BCUT2D eigenvalue weighted by atomic mass is 10.2. The summed E-state index contributed by atoms with van der Waals surface area (Å²) in [6.07, 6.45) is 4.79. The van der Waals surface area contributed by atoms with Gasteiger partial charge in [-0.2, -0.15) is 0 Å². The zero-order valence-corrected chi connectivity index (χ0v) is 11.8. The summed E-state index contributed by atoms with van der Waals surface area (Å²) in [6, 6.07) is 2.62. The molecule has 0 fully saturated rings. The second-order valence-electron chi connectivity index (χ2n) is 4.02. The zero-order chi connectivity index (χ0) is 12.0. The molecule has 1 atom stereocenters. The maximum absolute atomic E-state index is 4.03. The Kier molecular flexibility index (Phi) is 5.77. The first-order valence-corrected chi connectivity index (χ1v) is 6.48. The van der Waals surface area contributed by atoms with Crippen LogP contribution < -0.4 is 5.32 Å². The highest BCUT2D eigenvalue weighted by atomic mass is 79.9. The normalized spacial score (nSPS) is 12.8. The fraction of sp³-hybridized carbons (Fsp3) is 0.583. The molecule has 0 aliphatic carbocycles. The minimum absolute atomic E-state index is 0.641. The summed E-state index contributed by atoms with van der Waals surface area (Å²) >= 11 is 3.47. The van der Waals surface area contributed by atoms with Crippen LogP contribution in [0.2, 0.25) is 0 Å². The minimum Gasteiger partial charge on any atom is -0.383 e. The summed E-state index contributed by atoms with van der Waals surface area (Å²) in [7, 11) is 2.16. The van der Waals surface area contributed by atoms with Gasteiger partial charge in [0.25, 0.3) is 0 Å². The third kappa shape index (κ3) is 4.10. The summed E-state index contributed by atoms with van der Waals surface area (Å²) in [5.41, 5.74) is 1.10. The van der Waals surface area contributed by atoms with Crippen molar-refractivity contribution in [3.8, 4) is 0 Å². The van der Waals surface area contributed by atoms with Crippen LogP contribution >= 0.6 is 15.9 Å². The molecule has 1 N–H and O–H groups in total. The summed E-state index contributed by atoms with van der Waals surface area (Å²) < 4.78 is 1.01. The van der Waals surface area contributed by atoms with Crippen LogP contribution in [0.25, 0.3) is 0 Å². The van der Waals surface area contributed by atoms with Crippen molar-refractivity contribution in [1.29, 1.82) is 0 Å². The van der Waals surface area contributed by atoms with Crippen molar-refractivity contribution in [3.63, 3.8) is 0 Å². The first kappa shape index (κ1) is 13.5. The average Bonchev–Trinajstić information content (AvgIpc) is 2.30. The number of aromatic nitrogens is 1. The van der Waals surface area contributed by atoms with E-state index in [0.29, 0.717) is 6.04 Å². The second kappa shape index (κ2) is 6.86. The number of halogens is 1. The largest absolute Gasteiger partial charge is 0.383 e. The van der Waals surface area contributed by atoms with Gasteiger partial charge in [-0.1, -0.05) is 6.92 Å². The Morgan fingerprint density at radius 3 is 2.94 bits per heavy atom. The molecule has 0 saturated carbocycles. The summed E-state index contributed by atoms with van der Waals surface area (Å²) in [4.78, 5) is 6.40. The van der Waals surface area contributed by atoms with Crippen molar-refractivity contribution in [3.05, 3.63) is 22.9 Å². The molecule has 0 spiro atoms. The number of nitrogens with one attached hydrogen (secondary N) is 1. The van der Waals surface area contributed by atoms with Crippen LogP contribution in [-0.2, 0) is 0 Å². The Hall–Kier alpha value is -0.610. The van der Waals surface area contributed by atoms with Crippen LogP contribution in [-0.4, -0.2) is 36.1 Å². The predicted octanol–water partition coefficient (Wildman–Crippen LogP) is 2.99. The number of anilines is 1. The van der Waals surface area contributed by atoms with Crippen molar-refractivity contribution in [1.82, 2.24) is 9.88 Å². The maximum atomic E-state index is 4.03.